The average Bonchev–Trinajstić information content (AvgIpc) is 2.50. The molecule has 5 heteroatoms. The number of amides is 1. The first-order valence-electron chi connectivity index (χ1n) is 6.48. The number of ether oxygens (including phenoxy) is 1. The number of phenolic OH excluding ortho intramolecular Hbond substituents is 1. The second-order valence-electron chi connectivity index (χ2n) is 4.75. The highest BCUT2D eigenvalue weighted by atomic mass is 16.5. The largest absolute Gasteiger partial charge is 0.505 e. The summed E-state index contributed by atoms with van der Waals surface area (Å²) in [6, 6.07) is 12.2. The topological polar surface area (TPSA) is 75.8 Å². The molecular weight excluding hydrogens is 268 g/mol. The molecule has 0 aliphatic rings. The van der Waals surface area contributed by atoms with Gasteiger partial charge in [-0.05, 0) is 29.8 Å². The number of hydrogen-bond acceptors (Lipinski definition) is 4. The second kappa shape index (κ2) is 6.17. The van der Waals surface area contributed by atoms with Gasteiger partial charge in [0.05, 0.1) is 18.4 Å². The molecule has 21 heavy (non-hydrogen) atoms. The molecule has 1 amide bonds. The van der Waals surface area contributed by atoms with Crippen LogP contribution in [0.1, 0.15) is 15.9 Å². The van der Waals surface area contributed by atoms with Gasteiger partial charge in [-0.15, -0.1) is 0 Å². The van der Waals surface area contributed by atoms with Crippen LogP contribution >= 0.6 is 0 Å². The molecule has 3 N–H and O–H groups in total. The predicted octanol–water partition coefficient (Wildman–Crippen LogP) is 2.26. The number of nitrogen functional groups attached to an aromatic ring is 1. The SMILES string of the molecule is COc1ccc(CN(C)C(=O)c2cccc(N)c2O)cc1. The summed E-state index contributed by atoms with van der Waals surface area (Å²) in [4.78, 5) is 13.9. The van der Waals surface area contributed by atoms with E-state index >= 15 is 0 Å². The van der Waals surface area contributed by atoms with Crippen molar-refractivity contribution in [2.75, 3.05) is 19.9 Å². The smallest absolute Gasteiger partial charge is 0.257 e. The molecule has 0 saturated carbocycles. The summed E-state index contributed by atoms with van der Waals surface area (Å²) in [5.41, 5.74) is 6.97. The molecule has 2 rings (SSSR count). The highest BCUT2D eigenvalue weighted by Crippen LogP contribution is 2.25. The first kappa shape index (κ1) is 14.7. The minimum absolute atomic E-state index is 0.177. The van der Waals surface area contributed by atoms with Crippen LogP contribution in [-0.2, 0) is 6.54 Å². The highest BCUT2D eigenvalue weighted by molar-refractivity contribution is 5.98. The number of carbonyl (C=O) groups is 1. The second-order valence-corrected chi connectivity index (χ2v) is 4.75. The Morgan fingerprint density at radius 2 is 1.90 bits per heavy atom. The first-order valence-corrected chi connectivity index (χ1v) is 6.48. The zero-order valence-electron chi connectivity index (χ0n) is 12.0. The van der Waals surface area contributed by atoms with Gasteiger partial charge < -0.3 is 20.5 Å². The fourth-order valence-electron chi connectivity index (χ4n) is 2.02. The lowest BCUT2D eigenvalue weighted by atomic mass is 10.1. The van der Waals surface area contributed by atoms with Crippen LogP contribution in [0.2, 0.25) is 0 Å². The molecule has 0 unspecified atom stereocenters. The van der Waals surface area contributed by atoms with Crippen molar-refractivity contribution in [3.05, 3.63) is 53.6 Å². The van der Waals surface area contributed by atoms with Crippen molar-refractivity contribution in [1.82, 2.24) is 4.90 Å². The van der Waals surface area contributed by atoms with Crippen LogP contribution < -0.4 is 10.5 Å². The summed E-state index contributed by atoms with van der Waals surface area (Å²) in [7, 11) is 3.28. The molecule has 0 aromatic heterocycles. The van der Waals surface area contributed by atoms with Crippen LogP contribution in [0.15, 0.2) is 42.5 Å². The van der Waals surface area contributed by atoms with Gasteiger partial charge in [0.25, 0.3) is 5.91 Å². The monoisotopic (exact) mass is 286 g/mol. The summed E-state index contributed by atoms with van der Waals surface area (Å²) >= 11 is 0. The Labute approximate surface area is 123 Å². The molecule has 0 aliphatic heterocycles. The molecular formula is C16H18N2O3. The van der Waals surface area contributed by atoms with E-state index in [0.717, 1.165) is 11.3 Å². The zero-order chi connectivity index (χ0) is 15.4. The van der Waals surface area contributed by atoms with Crippen LogP contribution in [0.3, 0.4) is 0 Å². The third-order valence-corrected chi connectivity index (χ3v) is 3.22. The lowest BCUT2D eigenvalue weighted by Gasteiger charge is -2.18. The van der Waals surface area contributed by atoms with E-state index in [-0.39, 0.29) is 22.9 Å². The van der Waals surface area contributed by atoms with Crippen molar-refractivity contribution >= 4 is 11.6 Å². The molecule has 0 aliphatic carbocycles. The number of nitrogens with two attached hydrogens (primary N) is 1. The van der Waals surface area contributed by atoms with Gasteiger partial charge in [0.15, 0.2) is 5.75 Å². The summed E-state index contributed by atoms with van der Waals surface area (Å²) in [6.45, 7) is 0.428. The van der Waals surface area contributed by atoms with Crippen LogP contribution in [0.25, 0.3) is 0 Å². The quantitative estimate of drug-likeness (QED) is 0.667. The van der Waals surface area contributed by atoms with Gasteiger partial charge in [0.2, 0.25) is 0 Å². The molecule has 5 nitrogen and oxygen atoms in total. The van der Waals surface area contributed by atoms with E-state index in [1.165, 1.54) is 4.90 Å². The number of aromatic hydroxyl groups is 1. The molecule has 0 heterocycles. The molecule has 2 aromatic rings. The fourth-order valence-corrected chi connectivity index (χ4v) is 2.02. The normalized spacial score (nSPS) is 10.2. The van der Waals surface area contributed by atoms with Gasteiger partial charge in [0.1, 0.15) is 5.75 Å². The van der Waals surface area contributed by atoms with Crippen molar-refractivity contribution in [3.63, 3.8) is 0 Å². The van der Waals surface area contributed by atoms with E-state index in [4.69, 9.17) is 10.5 Å². The number of hydrogen-bond donors (Lipinski definition) is 2. The molecule has 110 valence electrons. The van der Waals surface area contributed by atoms with Gasteiger partial charge >= 0.3 is 0 Å². The van der Waals surface area contributed by atoms with Crippen LogP contribution in [0.4, 0.5) is 5.69 Å². The number of para-hydroxylation sites is 1. The van der Waals surface area contributed by atoms with Crippen LogP contribution in [0.5, 0.6) is 11.5 Å². The fraction of sp³-hybridized carbons (Fsp3) is 0.188. The molecule has 0 atom stereocenters. The number of carbonyl (C=O) groups excluding carboxylic acids is 1. The Bertz CT molecular complexity index is 638. The minimum atomic E-state index is -0.282. The standard InChI is InChI=1S/C16H18N2O3/c1-18(10-11-6-8-12(21-2)9-7-11)16(20)13-4-3-5-14(17)15(13)19/h3-9,19H,10,17H2,1-2H3. The predicted molar refractivity (Wildman–Crippen MR) is 81.3 cm³/mol. The lowest BCUT2D eigenvalue weighted by molar-refractivity contribution is 0.0782. The van der Waals surface area contributed by atoms with Gasteiger partial charge in [-0.1, -0.05) is 18.2 Å². The third kappa shape index (κ3) is 3.25. The van der Waals surface area contributed by atoms with E-state index in [1.807, 2.05) is 24.3 Å². The Morgan fingerprint density at radius 1 is 1.24 bits per heavy atom. The van der Waals surface area contributed by atoms with Crippen molar-refractivity contribution in [2.45, 2.75) is 6.54 Å². The van der Waals surface area contributed by atoms with Gasteiger partial charge in [-0.3, -0.25) is 4.79 Å². The number of benzene rings is 2. The number of phenols is 1. The lowest BCUT2D eigenvalue weighted by Crippen LogP contribution is -2.26. The van der Waals surface area contributed by atoms with E-state index in [9.17, 15) is 9.90 Å². The summed E-state index contributed by atoms with van der Waals surface area (Å²) in [5, 5.41) is 9.86. The maximum atomic E-state index is 12.3. The number of rotatable bonds is 4. The Morgan fingerprint density at radius 3 is 2.52 bits per heavy atom. The first-order chi connectivity index (χ1) is 10.0. The summed E-state index contributed by atoms with van der Waals surface area (Å²) in [5.74, 6) is 0.306. The third-order valence-electron chi connectivity index (χ3n) is 3.22. The number of methoxy groups -OCH3 is 1. The van der Waals surface area contributed by atoms with Gasteiger partial charge in [0, 0.05) is 13.6 Å². The molecule has 2 aromatic carbocycles. The Hall–Kier alpha value is -2.69. The summed E-state index contributed by atoms with van der Waals surface area (Å²) < 4.78 is 5.09. The number of anilines is 1. The zero-order valence-corrected chi connectivity index (χ0v) is 12.0. The van der Waals surface area contributed by atoms with Gasteiger partial charge in [-0.2, -0.15) is 0 Å². The Balaban J connectivity index is 2.13. The van der Waals surface area contributed by atoms with E-state index in [0.29, 0.717) is 6.54 Å². The molecule has 0 bridgehead atoms. The number of nitrogens with zero attached hydrogens (tertiary/aromatic N) is 1. The maximum Gasteiger partial charge on any atom is 0.257 e. The van der Waals surface area contributed by atoms with Crippen molar-refractivity contribution in [1.29, 1.82) is 0 Å². The summed E-state index contributed by atoms with van der Waals surface area (Å²) in [6.07, 6.45) is 0. The molecule has 0 radical (unpaired) electrons. The van der Waals surface area contributed by atoms with Crippen LogP contribution in [0, 0.1) is 0 Å². The Kier molecular flexibility index (Phi) is 4.33. The molecule has 0 fully saturated rings. The highest BCUT2D eigenvalue weighted by Gasteiger charge is 2.17. The minimum Gasteiger partial charge on any atom is -0.505 e. The van der Waals surface area contributed by atoms with Crippen molar-refractivity contribution in [3.8, 4) is 11.5 Å². The van der Waals surface area contributed by atoms with E-state index < -0.39 is 0 Å². The van der Waals surface area contributed by atoms with Crippen LogP contribution in [-0.4, -0.2) is 30.1 Å². The van der Waals surface area contributed by atoms with E-state index in [2.05, 4.69) is 0 Å². The van der Waals surface area contributed by atoms with E-state index in [1.54, 1.807) is 32.4 Å². The van der Waals surface area contributed by atoms with Crippen molar-refractivity contribution in [2.24, 2.45) is 0 Å². The molecule has 0 spiro atoms. The molecule has 0 saturated heterocycles. The van der Waals surface area contributed by atoms with Crippen molar-refractivity contribution < 1.29 is 14.6 Å². The maximum absolute atomic E-state index is 12.3. The average molecular weight is 286 g/mol. The van der Waals surface area contributed by atoms with Gasteiger partial charge in [-0.25, -0.2) is 0 Å².